The van der Waals surface area contributed by atoms with Crippen molar-refractivity contribution in [3.63, 3.8) is 0 Å². The van der Waals surface area contributed by atoms with Crippen LogP contribution in [-0.4, -0.2) is 17.1 Å². The van der Waals surface area contributed by atoms with E-state index in [1.165, 1.54) is 11.1 Å². The number of nitrogens with zero attached hydrogens (tertiary/aromatic N) is 2. The topological polar surface area (TPSA) is 47.0 Å². The summed E-state index contributed by atoms with van der Waals surface area (Å²) >= 11 is 1.62. The molecule has 0 fully saturated rings. The number of hydrogen-bond acceptors (Lipinski definition) is 5. The number of nitrogens with one attached hydrogen (secondary N) is 1. The second-order valence-corrected chi connectivity index (χ2v) is 7.60. The SMILES string of the molecule is COc1ccc(-c2cnc(NSCc3ccccc3)c(Cc3ccccc3)n2)cc1. The van der Waals surface area contributed by atoms with Gasteiger partial charge >= 0.3 is 0 Å². The number of anilines is 1. The standard InChI is InChI=1S/C25H23N3OS/c1-29-22-14-12-21(13-15-22)24-17-26-25(28-30-18-20-10-6-3-7-11-20)23(27-24)16-19-8-4-2-5-9-19/h2-15,17H,16,18H2,1H3,(H,26,28). The minimum atomic E-state index is 0.714. The lowest BCUT2D eigenvalue weighted by Gasteiger charge is -2.12. The Morgan fingerprint density at radius 1 is 0.833 bits per heavy atom. The number of rotatable bonds is 8. The van der Waals surface area contributed by atoms with E-state index in [4.69, 9.17) is 14.7 Å². The Bertz CT molecular complexity index is 1070. The van der Waals surface area contributed by atoms with Crippen molar-refractivity contribution in [1.82, 2.24) is 9.97 Å². The normalized spacial score (nSPS) is 10.6. The van der Waals surface area contributed by atoms with E-state index in [1.54, 1.807) is 19.1 Å². The Labute approximate surface area is 181 Å². The van der Waals surface area contributed by atoms with Crippen LogP contribution in [0.4, 0.5) is 5.82 Å². The van der Waals surface area contributed by atoms with E-state index in [9.17, 15) is 0 Å². The summed E-state index contributed by atoms with van der Waals surface area (Å²) in [5.74, 6) is 2.48. The quantitative estimate of drug-likeness (QED) is 0.359. The molecule has 4 nitrogen and oxygen atoms in total. The molecule has 0 saturated heterocycles. The van der Waals surface area contributed by atoms with Crippen molar-refractivity contribution in [3.8, 4) is 17.0 Å². The first-order chi connectivity index (χ1) is 14.8. The lowest BCUT2D eigenvalue weighted by molar-refractivity contribution is 0.415. The summed E-state index contributed by atoms with van der Waals surface area (Å²) in [4.78, 5) is 9.64. The van der Waals surface area contributed by atoms with Crippen LogP contribution in [0.15, 0.2) is 91.1 Å². The molecule has 1 aromatic heterocycles. The maximum atomic E-state index is 5.26. The molecular formula is C25H23N3OS. The highest BCUT2D eigenvalue weighted by Crippen LogP contribution is 2.25. The number of ether oxygens (including phenoxy) is 1. The first kappa shape index (κ1) is 20.0. The van der Waals surface area contributed by atoms with Crippen LogP contribution in [0, 0.1) is 0 Å². The van der Waals surface area contributed by atoms with Crippen molar-refractivity contribution in [2.75, 3.05) is 11.8 Å². The molecule has 4 aromatic rings. The van der Waals surface area contributed by atoms with E-state index in [-0.39, 0.29) is 0 Å². The molecule has 0 amide bonds. The Kier molecular flexibility index (Phi) is 6.62. The zero-order chi connectivity index (χ0) is 20.6. The van der Waals surface area contributed by atoms with Crippen LogP contribution >= 0.6 is 11.9 Å². The Morgan fingerprint density at radius 2 is 1.50 bits per heavy atom. The summed E-state index contributed by atoms with van der Waals surface area (Å²) in [6.07, 6.45) is 2.54. The van der Waals surface area contributed by atoms with Gasteiger partial charge in [-0.1, -0.05) is 60.7 Å². The van der Waals surface area contributed by atoms with E-state index < -0.39 is 0 Å². The van der Waals surface area contributed by atoms with Gasteiger partial charge < -0.3 is 9.46 Å². The summed E-state index contributed by atoms with van der Waals surface area (Å²) in [5, 5.41) is 0. The predicted molar refractivity (Wildman–Crippen MR) is 125 cm³/mol. The fourth-order valence-electron chi connectivity index (χ4n) is 3.09. The highest BCUT2D eigenvalue weighted by molar-refractivity contribution is 7.99. The summed E-state index contributed by atoms with van der Waals surface area (Å²) < 4.78 is 8.66. The monoisotopic (exact) mass is 413 g/mol. The molecule has 0 saturated carbocycles. The van der Waals surface area contributed by atoms with E-state index in [2.05, 4.69) is 41.1 Å². The van der Waals surface area contributed by atoms with Gasteiger partial charge in [-0.2, -0.15) is 0 Å². The molecule has 0 aliphatic rings. The molecule has 3 aromatic carbocycles. The molecule has 150 valence electrons. The third-order valence-electron chi connectivity index (χ3n) is 4.70. The van der Waals surface area contributed by atoms with Gasteiger partial charge in [0, 0.05) is 17.7 Å². The Morgan fingerprint density at radius 3 is 2.17 bits per heavy atom. The van der Waals surface area contributed by atoms with Gasteiger partial charge in [0.1, 0.15) is 5.75 Å². The van der Waals surface area contributed by atoms with Gasteiger partial charge in [0.15, 0.2) is 5.82 Å². The first-order valence-electron chi connectivity index (χ1n) is 9.78. The molecule has 30 heavy (non-hydrogen) atoms. The zero-order valence-corrected chi connectivity index (χ0v) is 17.6. The average Bonchev–Trinajstić information content (AvgIpc) is 2.81. The number of benzene rings is 3. The summed E-state index contributed by atoms with van der Waals surface area (Å²) in [5.41, 5.74) is 5.26. The second kappa shape index (κ2) is 9.94. The van der Waals surface area contributed by atoms with E-state index >= 15 is 0 Å². The lowest BCUT2D eigenvalue weighted by atomic mass is 10.1. The van der Waals surface area contributed by atoms with Crippen molar-refractivity contribution in [2.24, 2.45) is 0 Å². The van der Waals surface area contributed by atoms with Gasteiger partial charge in [0.05, 0.1) is 24.7 Å². The van der Waals surface area contributed by atoms with Crippen molar-refractivity contribution in [2.45, 2.75) is 12.2 Å². The fourth-order valence-corrected chi connectivity index (χ4v) is 3.83. The Hall–Kier alpha value is -3.31. The molecule has 1 heterocycles. The molecule has 5 heteroatoms. The van der Waals surface area contributed by atoms with Gasteiger partial charge in [-0.25, -0.2) is 9.97 Å². The van der Waals surface area contributed by atoms with Crippen molar-refractivity contribution in [3.05, 3.63) is 108 Å². The predicted octanol–water partition coefficient (Wildman–Crippen LogP) is 6.00. The van der Waals surface area contributed by atoms with Crippen LogP contribution in [0.1, 0.15) is 16.8 Å². The highest BCUT2D eigenvalue weighted by Gasteiger charge is 2.11. The van der Waals surface area contributed by atoms with Crippen molar-refractivity contribution in [1.29, 1.82) is 0 Å². The number of aromatic nitrogens is 2. The van der Waals surface area contributed by atoms with Gasteiger partial charge in [-0.3, -0.25) is 0 Å². The third-order valence-corrected chi connectivity index (χ3v) is 5.51. The largest absolute Gasteiger partial charge is 0.497 e. The molecule has 0 radical (unpaired) electrons. The van der Waals surface area contributed by atoms with Crippen LogP contribution in [-0.2, 0) is 12.2 Å². The fraction of sp³-hybridized carbons (Fsp3) is 0.120. The van der Waals surface area contributed by atoms with Gasteiger partial charge in [0.2, 0.25) is 0 Å². The third kappa shape index (κ3) is 5.19. The van der Waals surface area contributed by atoms with Crippen LogP contribution in [0.3, 0.4) is 0 Å². The van der Waals surface area contributed by atoms with Crippen molar-refractivity contribution >= 4 is 17.8 Å². The molecule has 0 aliphatic carbocycles. The average molecular weight is 414 g/mol. The molecule has 4 rings (SSSR count). The molecule has 0 unspecified atom stereocenters. The molecule has 0 aliphatic heterocycles. The van der Waals surface area contributed by atoms with Crippen LogP contribution in [0.2, 0.25) is 0 Å². The molecule has 1 N–H and O–H groups in total. The summed E-state index contributed by atoms with van der Waals surface area (Å²) in [7, 11) is 1.67. The maximum absolute atomic E-state index is 5.26. The second-order valence-electron chi connectivity index (χ2n) is 6.82. The van der Waals surface area contributed by atoms with Gasteiger partial charge in [-0.05, 0) is 47.3 Å². The van der Waals surface area contributed by atoms with Crippen molar-refractivity contribution < 1.29 is 4.74 Å². The van der Waals surface area contributed by atoms with Crippen LogP contribution in [0.25, 0.3) is 11.3 Å². The van der Waals surface area contributed by atoms with E-state index in [0.717, 1.165) is 34.3 Å². The first-order valence-corrected chi connectivity index (χ1v) is 10.8. The number of hydrogen-bond donors (Lipinski definition) is 1. The smallest absolute Gasteiger partial charge is 0.158 e. The van der Waals surface area contributed by atoms with E-state index in [1.807, 2.05) is 54.7 Å². The minimum Gasteiger partial charge on any atom is -0.497 e. The minimum absolute atomic E-state index is 0.714. The summed E-state index contributed by atoms with van der Waals surface area (Å²) in [6, 6.07) is 28.6. The molecule has 0 bridgehead atoms. The summed E-state index contributed by atoms with van der Waals surface area (Å²) in [6.45, 7) is 0. The Balaban J connectivity index is 1.57. The van der Waals surface area contributed by atoms with E-state index in [0.29, 0.717) is 6.42 Å². The molecule has 0 spiro atoms. The zero-order valence-electron chi connectivity index (χ0n) is 16.8. The van der Waals surface area contributed by atoms with Gasteiger partial charge in [0.25, 0.3) is 0 Å². The van der Waals surface area contributed by atoms with Crippen LogP contribution in [0.5, 0.6) is 5.75 Å². The highest BCUT2D eigenvalue weighted by atomic mass is 32.2. The number of methoxy groups -OCH3 is 1. The molecular weight excluding hydrogens is 390 g/mol. The lowest BCUT2D eigenvalue weighted by Crippen LogP contribution is -2.03. The van der Waals surface area contributed by atoms with Gasteiger partial charge in [-0.15, -0.1) is 0 Å². The van der Waals surface area contributed by atoms with Crippen LogP contribution < -0.4 is 9.46 Å². The maximum Gasteiger partial charge on any atom is 0.158 e. The molecule has 0 atom stereocenters.